The van der Waals surface area contributed by atoms with Crippen LogP contribution in [0, 0.1) is 0 Å². The standard InChI is InChI=1S/C19H22N2O2S2/c22-18-10-3-4-11-24-25-13-17(21-18)19(23)20-12-15-8-5-7-14-6-1-2-9-16(14)15/h1-2,5-9,17H,3-4,10-13H2,(H,20,23)(H,21,22)/t17-/m0/s1. The molecule has 3 rings (SSSR count). The van der Waals surface area contributed by atoms with Crippen molar-refractivity contribution >= 4 is 44.2 Å². The molecule has 1 saturated heterocycles. The van der Waals surface area contributed by atoms with Crippen LogP contribution in [-0.4, -0.2) is 29.4 Å². The molecule has 0 radical (unpaired) electrons. The van der Waals surface area contributed by atoms with Crippen molar-refractivity contribution in [2.45, 2.75) is 31.8 Å². The number of nitrogens with one attached hydrogen (secondary N) is 2. The van der Waals surface area contributed by atoms with Crippen molar-refractivity contribution < 1.29 is 9.59 Å². The van der Waals surface area contributed by atoms with Gasteiger partial charge in [0.2, 0.25) is 11.8 Å². The van der Waals surface area contributed by atoms with Gasteiger partial charge >= 0.3 is 0 Å². The van der Waals surface area contributed by atoms with E-state index in [-0.39, 0.29) is 11.8 Å². The molecule has 1 atom stereocenters. The Labute approximate surface area is 155 Å². The number of carbonyl (C=O) groups is 2. The third-order valence-electron chi connectivity index (χ3n) is 4.18. The summed E-state index contributed by atoms with van der Waals surface area (Å²) in [5.74, 6) is 1.48. The maximum atomic E-state index is 12.6. The molecule has 25 heavy (non-hydrogen) atoms. The molecular formula is C19H22N2O2S2. The lowest BCUT2D eigenvalue weighted by Gasteiger charge is -2.19. The van der Waals surface area contributed by atoms with Crippen LogP contribution in [0.1, 0.15) is 24.8 Å². The molecule has 1 heterocycles. The average Bonchev–Trinajstić information content (AvgIpc) is 2.64. The van der Waals surface area contributed by atoms with Gasteiger partial charge in [0.15, 0.2) is 0 Å². The van der Waals surface area contributed by atoms with Crippen LogP contribution in [0.2, 0.25) is 0 Å². The summed E-state index contributed by atoms with van der Waals surface area (Å²) in [7, 11) is 3.43. The topological polar surface area (TPSA) is 58.2 Å². The summed E-state index contributed by atoms with van der Waals surface area (Å²) in [5, 5.41) is 8.17. The molecule has 1 fully saturated rings. The van der Waals surface area contributed by atoms with E-state index in [2.05, 4.69) is 28.8 Å². The number of fused-ring (bicyclic) bond motifs is 1. The fourth-order valence-corrected chi connectivity index (χ4v) is 5.13. The van der Waals surface area contributed by atoms with Gasteiger partial charge in [-0.25, -0.2) is 0 Å². The highest BCUT2D eigenvalue weighted by Gasteiger charge is 2.21. The predicted octanol–water partition coefficient (Wildman–Crippen LogP) is 3.51. The van der Waals surface area contributed by atoms with E-state index in [4.69, 9.17) is 0 Å². The number of hydrogen-bond acceptors (Lipinski definition) is 4. The zero-order valence-electron chi connectivity index (χ0n) is 14.0. The molecule has 0 spiro atoms. The van der Waals surface area contributed by atoms with Crippen molar-refractivity contribution in [1.82, 2.24) is 10.6 Å². The Morgan fingerprint density at radius 2 is 1.96 bits per heavy atom. The minimum Gasteiger partial charge on any atom is -0.350 e. The molecule has 0 bridgehead atoms. The molecule has 1 aliphatic heterocycles. The van der Waals surface area contributed by atoms with Crippen LogP contribution in [-0.2, 0) is 16.1 Å². The van der Waals surface area contributed by atoms with Crippen molar-refractivity contribution in [3.8, 4) is 0 Å². The van der Waals surface area contributed by atoms with Crippen molar-refractivity contribution in [2.75, 3.05) is 11.5 Å². The molecule has 0 unspecified atom stereocenters. The summed E-state index contributed by atoms with van der Waals surface area (Å²) in [6.45, 7) is 0.463. The van der Waals surface area contributed by atoms with Crippen molar-refractivity contribution in [3.63, 3.8) is 0 Å². The lowest BCUT2D eigenvalue weighted by molar-refractivity contribution is -0.128. The molecule has 132 valence electrons. The second kappa shape index (κ2) is 9.15. The summed E-state index contributed by atoms with van der Waals surface area (Å²) in [5.41, 5.74) is 1.08. The molecule has 2 amide bonds. The highest BCUT2D eigenvalue weighted by atomic mass is 33.1. The fourth-order valence-electron chi connectivity index (χ4n) is 2.82. The number of amides is 2. The van der Waals surface area contributed by atoms with E-state index < -0.39 is 6.04 Å². The average molecular weight is 375 g/mol. The smallest absolute Gasteiger partial charge is 0.243 e. The summed E-state index contributed by atoms with van der Waals surface area (Å²) in [6, 6.07) is 13.8. The normalized spacial score (nSPS) is 19.2. The van der Waals surface area contributed by atoms with Gasteiger partial charge in [-0.2, -0.15) is 0 Å². The number of benzene rings is 2. The molecule has 0 saturated carbocycles. The first-order chi connectivity index (χ1) is 12.2. The predicted molar refractivity (Wildman–Crippen MR) is 106 cm³/mol. The maximum Gasteiger partial charge on any atom is 0.243 e. The van der Waals surface area contributed by atoms with Gasteiger partial charge < -0.3 is 10.6 Å². The van der Waals surface area contributed by atoms with Crippen LogP contribution < -0.4 is 10.6 Å². The number of hydrogen-bond donors (Lipinski definition) is 2. The first-order valence-corrected chi connectivity index (χ1v) is 11.0. The molecule has 2 aromatic carbocycles. The second-order valence-corrected chi connectivity index (χ2v) is 8.67. The minimum absolute atomic E-state index is 0.0298. The Morgan fingerprint density at radius 1 is 1.12 bits per heavy atom. The van der Waals surface area contributed by atoms with E-state index in [1.165, 1.54) is 0 Å². The minimum atomic E-state index is -0.474. The van der Waals surface area contributed by atoms with E-state index in [9.17, 15) is 9.59 Å². The van der Waals surface area contributed by atoms with Crippen molar-refractivity contribution in [2.24, 2.45) is 0 Å². The van der Waals surface area contributed by atoms with Crippen molar-refractivity contribution in [3.05, 3.63) is 48.0 Å². The van der Waals surface area contributed by atoms with E-state index in [0.717, 1.165) is 34.9 Å². The molecule has 6 heteroatoms. The lowest BCUT2D eigenvalue weighted by Crippen LogP contribution is -2.48. The first kappa shape index (κ1) is 18.1. The van der Waals surface area contributed by atoms with Crippen LogP contribution in [0.5, 0.6) is 0 Å². The summed E-state index contributed by atoms with van der Waals surface area (Å²) < 4.78 is 0. The van der Waals surface area contributed by atoms with Crippen LogP contribution in [0.3, 0.4) is 0 Å². The molecule has 0 aromatic heterocycles. The molecule has 0 aliphatic carbocycles. The van der Waals surface area contributed by atoms with Gasteiger partial charge in [-0.1, -0.05) is 64.1 Å². The van der Waals surface area contributed by atoms with Crippen LogP contribution in [0.4, 0.5) is 0 Å². The highest BCUT2D eigenvalue weighted by Crippen LogP contribution is 2.24. The third kappa shape index (κ3) is 5.16. The van der Waals surface area contributed by atoms with Gasteiger partial charge in [0.25, 0.3) is 0 Å². The maximum absolute atomic E-state index is 12.6. The lowest BCUT2D eigenvalue weighted by atomic mass is 10.0. The summed E-state index contributed by atoms with van der Waals surface area (Å²) in [4.78, 5) is 24.5. The largest absolute Gasteiger partial charge is 0.350 e. The molecule has 2 aromatic rings. The van der Waals surface area contributed by atoms with Crippen molar-refractivity contribution in [1.29, 1.82) is 0 Å². The quantitative estimate of drug-likeness (QED) is 0.808. The third-order valence-corrected chi connectivity index (χ3v) is 6.68. The number of carbonyl (C=O) groups excluding carboxylic acids is 2. The van der Waals surface area contributed by atoms with E-state index in [1.54, 1.807) is 21.6 Å². The van der Waals surface area contributed by atoms with Gasteiger partial charge in [0, 0.05) is 24.5 Å². The number of rotatable bonds is 3. The Balaban J connectivity index is 1.64. The van der Waals surface area contributed by atoms with Gasteiger partial charge in [-0.3, -0.25) is 9.59 Å². The zero-order valence-corrected chi connectivity index (χ0v) is 15.6. The van der Waals surface area contributed by atoms with Gasteiger partial charge in [-0.05, 0) is 29.2 Å². The van der Waals surface area contributed by atoms with Gasteiger partial charge in [0.1, 0.15) is 6.04 Å². The summed E-state index contributed by atoms with van der Waals surface area (Å²) >= 11 is 0. The Bertz CT molecular complexity index is 746. The SMILES string of the molecule is O=C1CCCCSSC[C@@H](C(=O)NCc2cccc3ccccc23)N1. The molecule has 4 nitrogen and oxygen atoms in total. The Kier molecular flexibility index (Phi) is 6.64. The van der Waals surface area contributed by atoms with Gasteiger partial charge in [0.05, 0.1) is 0 Å². The first-order valence-electron chi connectivity index (χ1n) is 8.52. The Morgan fingerprint density at radius 3 is 2.88 bits per heavy atom. The highest BCUT2D eigenvalue weighted by molar-refractivity contribution is 8.76. The monoisotopic (exact) mass is 374 g/mol. The van der Waals surface area contributed by atoms with E-state index in [0.29, 0.717) is 18.7 Å². The molecular weight excluding hydrogens is 352 g/mol. The van der Waals surface area contributed by atoms with Crippen LogP contribution in [0.15, 0.2) is 42.5 Å². The van der Waals surface area contributed by atoms with E-state index >= 15 is 0 Å². The Hall–Kier alpha value is -1.66. The zero-order chi connectivity index (χ0) is 17.5. The molecule has 1 aliphatic rings. The fraction of sp³-hybridized carbons (Fsp3) is 0.368. The second-order valence-electron chi connectivity index (χ2n) is 6.04. The molecule has 2 N–H and O–H groups in total. The van der Waals surface area contributed by atoms with Gasteiger partial charge in [-0.15, -0.1) is 0 Å². The van der Waals surface area contributed by atoms with Crippen LogP contribution >= 0.6 is 21.6 Å². The van der Waals surface area contributed by atoms with E-state index in [1.807, 2.05) is 24.3 Å². The van der Waals surface area contributed by atoms with Crippen LogP contribution in [0.25, 0.3) is 10.8 Å². The summed E-state index contributed by atoms with van der Waals surface area (Å²) in [6.07, 6.45) is 2.42.